The van der Waals surface area contributed by atoms with Crippen molar-refractivity contribution in [2.45, 2.75) is 10.8 Å². The number of aromatic nitrogens is 2. The van der Waals surface area contributed by atoms with Gasteiger partial charge < -0.3 is 4.74 Å². The van der Waals surface area contributed by atoms with E-state index in [9.17, 15) is 0 Å². The van der Waals surface area contributed by atoms with Crippen molar-refractivity contribution in [3.05, 3.63) is 46.9 Å². The molecule has 0 saturated heterocycles. The Morgan fingerprint density at radius 2 is 2.21 bits per heavy atom. The van der Waals surface area contributed by atoms with E-state index in [2.05, 4.69) is 9.97 Å². The zero-order valence-electron chi connectivity index (χ0n) is 10.1. The highest BCUT2D eigenvalue weighted by Gasteiger charge is 2.03. The van der Waals surface area contributed by atoms with Crippen molar-refractivity contribution in [1.29, 1.82) is 5.26 Å². The minimum atomic E-state index is 0.317. The van der Waals surface area contributed by atoms with Crippen molar-refractivity contribution >= 4 is 23.4 Å². The van der Waals surface area contributed by atoms with Gasteiger partial charge in [-0.1, -0.05) is 17.7 Å². The van der Waals surface area contributed by atoms with E-state index in [1.54, 1.807) is 13.3 Å². The summed E-state index contributed by atoms with van der Waals surface area (Å²) in [5, 5.41) is 9.99. The van der Waals surface area contributed by atoms with Gasteiger partial charge in [0, 0.05) is 5.75 Å². The van der Waals surface area contributed by atoms with Gasteiger partial charge in [-0.25, -0.2) is 9.97 Å². The largest absolute Gasteiger partial charge is 0.495 e. The molecule has 2 rings (SSSR count). The highest BCUT2D eigenvalue weighted by molar-refractivity contribution is 7.98. The van der Waals surface area contributed by atoms with Gasteiger partial charge in [0.25, 0.3) is 0 Å². The Morgan fingerprint density at radius 3 is 2.79 bits per heavy atom. The zero-order valence-corrected chi connectivity index (χ0v) is 11.7. The molecule has 0 spiro atoms. The van der Waals surface area contributed by atoms with Crippen LogP contribution in [0.2, 0.25) is 5.02 Å². The number of methoxy groups -OCH3 is 1. The molecular formula is C13H10ClN3OS. The second-order valence-corrected chi connectivity index (χ2v) is 5.01. The first kappa shape index (κ1) is 13.7. The lowest BCUT2D eigenvalue weighted by Crippen LogP contribution is -1.89. The maximum absolute atomic E-state index is 8.63. The Labute approximate surface area is 120 Å². The average Bonchev–Trinajstić information content (AvgIpc) is 2.46. The molecule has 0 atom stereocenters. The van der Waals surface area contributed by atoms with Gasteiger partial charge in [-0.05, 0) is 17.7 Å². The van der Waals surface area contributed by atoms with Crippen molar-refractivity contribution in [3.63, 3.8) is 0 Å². The van der Waals surface area contributed by atoms with E-state index in [4.69, 9.17) is 21.6 Å². The Hall–Kier alpha value is -1.77. The predicted molar refractivity (Wildman–Crippen MR) is 74.3 cm³/mol. The molecular weight excluding hydrogens is 282 g/mol. The van der Waals surface area contributed by atoms with Gasteiger partial charge >= 0.3 is 0 Å². The fourth-order valence-electron chi connectivity index (χ4n) is 1.41. The summed E-state index contributed by atoms with van der Waals surface area (Å²) in [4.78, 5) is 8.10. The monoisotopic (exact) mass is 291 g/mol. The normalized spacial score (nSPS) is 9.95. The molecule has 1 aromatic heterocycles. The standard InChI is InChI=1S/C13H10ClN3OS/c1-18-12-3-2-9(4-11(12)14)8-19-13-7-16-10(5-15)6-17-13/h2-4,6-7H,8H2,1H3. The van der Waals surface area contributed by atoms with Crippen LogP contribution in [0.15, 0.2) is 35.6 Å². The predicted octanol–water partition coefficient (Wildman–Crippen LogP) is 3.30. The number of benzene rings is 1. The second-order valence-electron chi connectivity index (χ2n) is 3.61. The number of ether oxygens (including phenoxy) is 1. The van der Waals surface area contributed by atoms with Gasteiger partial charge in [0.1, 0.15) is 16.8 Å². The summed E-state index contributed by atoms with van der Waals surface area (Å²) in [6, 6.07) is 7.59. The highest BCUT2D eigenvalue weighted by atomic mass is 35.5. The zero-order chi connectivity index (χ0) is 13.7. The molecule has 0 aliphatic rings. The molecule has 0 saturated carbocycles. The van der Waals surface area contributed by atoms with E-state index in [1.807, 2.05) is 24.3 Å². The molecule has 0 amide bonds. The molecule has 0 aliphatic heterocycles. The van der Waals surface area contributed by atoms with E-state index in [-0.39, 0.29) is 0 Å². The third-order valence-electron chi connectivity index (χ3n) is 2.35. The topological polar surface area (TPSA) is 58.8 Å². The van der Waals surface area contributed by atoms with Crippen LogP contribution in [-0.2, 0) is 5.75 Å². The summed E-state index contributed by atoms with van der Waals surface area (Å²) in [5.41, 5.74) is 1.39. The van der Waals surface area contributed by atoms with Crippen LogP contribution >= 0.6 is 23.4 Å². The van der Waals surface area contributed by atoms with Crippen LogP contribution in [-0.4, -0.2) is 17.1 Å². The first-order valence-electron chi connectivity index (χ1n) is 5.40. The summed E-state index contributed by atoms with van der Waals surface area (Å²) in [5.74, 6) is 1.39. The lowest BCUT2D eigenvalue weighted by atomic mass is 10.2. The van der Waals surface area contributed by atoms with E-state index < -0.39 is 0 Å². The van der Waals surface area contributed by atoms with E-state index in [1.165, 1.54) is 18.0 Å². The number of halogens is 1. The highest BCUT2D eigenvalue weighted by Crippen LogP contribution is 2.28. The van der Waals surface area contributed by atoms with Crippen molar-refractivity contribution in [2.24, 2.45) is 0 Å². The van der Waals surface area contributed by atoms with E-state index in [0.29, 0.717) is 16.5 Å². The van der Waals surface area contributed by atoms with Crippen LogP contribution in [0.3, 0.4) is 0 Å². The quantitative estimate of drug-likeness (QED) is 0.809. The number of rotatable bonds is 4. The molecule has 0 aliphatic carbocycles. The third kappa shape index (κ3) is 3.60. The van der Waals surface area contributed by atoms with E-state index >= 15 is 0 Å². The lowest BCUT2D eigenvalue weighted by Gasteiger charge is -2.05. The Morgan fingerprint density at radius 1 is 1.37 bits per heavy atom. The molecule has 4 nitrogen and oxygen atoms in total. The molecule has 6 heteroatoms. The summed E-state index contributed by atoms with van der Waals surface area (Å²) in [6.45, 7) is 0. The van der Waals surface area contributed by atoms with Gasteiger partial charge in [0.15, 0.2) is 5.69 Å². The summed E-state index contributed by atoms with van der Waals surface area (Å²) < 4.78 is 5.10. The average molecular weight is 292 g/mol. The van der Waals surface area contributed by atoms with Gasteiger partial charge in [0.05, 0.1) is 24.5 Å². The van der Waals surface area contributed by atoms with Gasteiger partial charge in [0.2, 0.25) is 0 Å². The summed E-state index contributed by atoms with van der Waals surface area (Å²) in [7, 11) is 1.59. The second kappa shape index (κ2) is 6.41. The van der Waals surface area contributed by atoms with Crippen molar-refractivity contribution in [3.8, 4) is 11.8 Å². The van der Waals surface area contributed by atoms with Gasteiger partial charge in [-0.15, -0.1) is 11.8 Å². The number of hydrogen-bond acceptors (Lipinski definition) is 5. The number of hydrogen-bond donors (Lipinski definition) is 0. The molecule has 0 unspecified atom stereocenters. The first-order chi connectivity index (χ1) is 9.22. The first-order valence-corrected chi connectivity index (χ1v) is 6.76. The van der Waals surface area contributed by atoms with Gasteiger partial charge in [-0.2, -0.15) is 5.26 Å². The Balaban J connectivity index is 2.02. The molecule has 19 heavy (non-hydrogen) atoms. The van der Waals surface area contributed by atoms with Crippen LogP contribution in [0.1, 0.15) is 11.3 Å². The maximum atomic E-state index is 8.63. The van der Waals surface area contributed by atoms with Crippen molar-refractivity contribution in [2.75, 3.05) is 7.11 Å². The van der Waals surface area contributed by atoms with Crippen LogP contribution < -0.4 is 4.74 Å². The number of thioether (sulfide) groups is 1. The maximum Gasteiger partial charge on any atom is 0.158 e. The number of nitrogens with zero attached hydrogens (tertiary/aromatic N) is 3. The van der Waals surface area contributed by atoms with Crippen molar-refractivity contribution in [1.82, 2.24) is 9.97 Å². The van der Waals surface area contributed by atoms with E-state index in [0.717, 1.165) is 16.3 Å². The van der Waals surface area contributed by atoms with Crippen molar-refractivity contribution < 1.29 is 4.74 Å². The summed E-state index contributed by atoms with van der Waals surface area (Å²) >= 11 is 7.58. The molecule has 0 fully saturated rings. The molecule has 0 bridgehead atoms. The molecule has 0 N–H and O–H groups in total. The fourth-order valence-corrected chi connectivity index (χ4v) is 2.43. The minimum absolute atomic E-state index is 0.317. The minimum Gasteiger partial charge on any atom is -0.495 e. The molecule has 1 aromatic carbocycles. The third-order valence-corrected chi connectivity index (χ3v) is 3.63. The smallest absolute Gasteiger partial charge is 0.158 e. The van der Waals surface area contributed by atoms with Crippen LogP contribution in [0, 0.1) is 11.3 Å². The molecule has 0 radical (unpaired) electrons. The van der Waals surface area contributed by atoms with Gasteiger partial charge in [-0.3, -0.25) is 0 Å². The SMILES string of the molecule is COc1ccc(CSc2cnc(C#N)cn2)cc1Cl. The Bertz CT molecular complexity index is 610. The van der Waals surface area contributed by atoms with Crippen LogP contribution in [0.5, 0.6) is 5.75 Å². The molecule has 1 heterocycles. The Kier molecular flexibility index (Phi) is 4.61. The fraction of sp³-hybridized carbons (Fsp3) is 0.154. The summed E-state index contributed by atoms with van der Waals surface area (Å²) in [6.07, 6.45) is 3.05. The molecule has 96 valence electrons. The van der Waals surface area contributed by atoms with Crippen LogP contribution in [0.25, 0.3) is 0 Å². The van der Waals surface area contributed by atoms with Crippen LogP contribution in [0.4, 0.5) is 0 Å². The molecule has 2 aromatic rings. The number of nitriles is 1. The lowest BCUT2D eigenvalue weighted by molar-refractivity contribution is 0.415.